The van der Waals surface area contributed by atoms with Crippen molar-refractivity contribution >= 4 is 5.95 Å². The van der Waals surface area contributed by atoms with Crippen LogP contribution in [0.3, 0.4) is 0 Å². The number of piperidine rings is 2. The van der Waals surface area contributed by atoms with Crippen molar-refractivity contribution in [2.24, 2.45) is 0 Å². The minimum atomic E-state index is 0.397. The molecule has 1 aromatic heterocycles. The molecule has 3 heterocycles. The third-order valence-electron chi connectivity index (χ3n) is 6.19. The first kappa shape index (κ1) is 19.2. The molecule has 0 amide bonds. The first-order valence-electron chi connectivity index (χ1n) is 10.7. The highest BCUT2D eigenvalue weighted by molar-refractivity contribution is 5.35. The lowest BCUT2D eigenvalue weighted by Crippen LogP contribution is -2.34. The van der Waals surface area contributed by atoms with E-state index in [1.54, 1.807) is 0 Å². The molecule has 150 valence electrons. The number of phenolic OH excluding ortho intramolecular Hbond substituents is 1. The van der Waals surface area contributed by atoms with Gasteiger partial charge in [0.25, 0.3) is 0 Å². The van der Waals surface area contributed by atoms with E-state index in [1.165, 1.54) is 30.5 Å². The Hall–Kier alpha value is -2.14. The second-order valence-electron chi connectivity index (χ2n) is 8.45. The molecule has 1 aromatic carbocycles. The lowest BCUT2D eigenvalue weighted by Gasteiger charge is -2.32. The normalized spacial score (nSPS) is 19.1. The molecule has 2 fully saturated rings. The second kappa shape index (κ2) is 8.48. The molecule has 0 unspecified atom stereocenters. The fourth-order valence-corrected chi connectivity index (χ4v) is 4.42. The molecule has 2 aliphatic heterocycles. The van der Waals surface area contributed by atoms with Gasteiger partial charge in [0.1, 0.15) is 5.75 Å². The zero-order chi connectivity index (χ0) is 19.5. The van der Waals surface area contributed by atoms with Crippen molar-refractivity contribution in [3.8, 4) is 5.75 Å². The Labute approximate surface area is 168 Å². The predicted octanol–water partition coefficient (Wildman–Crippen LogP) is 4.17. The second-order valence-corrected chi connectivity index (χ2v) is 8.45. The van der Waals surface area contributed by atoms with Gasteiger partial charge in [0.05, 0.1) is 0 Å². The number of nitrogens with zero attached hydrogens (tertiary/aromatic N) is 4. The summed E-state index contributed by atoms with van der Waals surface area (Å²) in [5.74, 6) is 1.86. The van der Waals surface area contributed by atoms with E-state index < -0.39 is 0 Å². The number of benzene rings is 1. The summed E-state index contributed by atoms with van der Waals surface area (Å²) in [5.41, 5.74) is 4.43. The molecule has 0 bridgehead atoms. The van der Waals surface area contributed by atoms with Crippen LogP contribution in [-0.2, 0) is 6.54 Å². The van der Waals surface area contributed by atoms with E-state index in [0.717, 1.165) is 62.8 Å². The highest BCUT2D eigenvalue weighted by atomic mass is 16.3. The van der Waals surface area contributed by atoms with Crippen molar-refractivity contribution in [2.75, 3.05) is 31.1 Å². The number of likely N-dealkylation sites (tertiary alicyclic amines) is 1. The van der Waals surface area contributed by atoms with Crippen LogP contribution in [0.1, 0.15) is 60.5 Å². The van der Waals surface area contributed by atoms with Gasteiger partial charge in [-0.05, 0) is 82.3 Å². The average Bonchev–Trinajstić information content (AvgIpc) is 2.71. The van der Waals surface area contributed by atoms with Gasteiger partial charge in [-0.25, -0.2) is 9.97 Å². The van der Waals surface area contributed by atoms with Gasteiger partial charge in [0.15, 0.2) is 0 Å². The summed E-state index contributed by atoms with van der Waals surface area (Å²) in [6.45, 7) is 9.25. The summed E-state index contributed by atoms with van der Waals surface area (Å²) < 4.78 is 0. The average molecular weight is 381 g/mol. The Morgan fingerprint density at radius 2 is 1.71 bits per heavy atom. The first-order valence-corrected chi connectivity index (χ1v) is 10.7. The van der Waals surface area contributed by atoms with Gasteiger partial charge < -0.3 is 10.0 Å². The number of aromatic nitrogens is 2. The van der Waals surface area contributed by atoms with Crippen LogP contribution in [0.4, 0.5) is 5.95 Å². The summed E-state index contributed by atoms with van der Waals surface area (Å²) in [7, 11) is 0. The van der Waals surface area contributed by atoms with E-state index >= 15 is 0 Å². The Bertz CT molecular complexity index is 808. The van der Waals surface area contributed by atoms with Gasteiger partial charge in [0, 0.05) is 36.9 Å². The number of aromatic hydroxyl groups is 1. The van der Waals surface area contributed by atoms with E-state index in [9.17, 15) is 5.11 Å². The van der Waals surface area contributed by atoms with Gasteiger partial charge in [-0.15, -0.1) is 0 Å². The molecular formula is C23H32N4O. The summed E-state index contributed by atoms with van der Waals surface area (Å²) in [6.07, 6.45) is 6.09. The van der Waals surface area contributed by atoms with Crippen LogP contribution in [0.2, 0.25) is 0 Å². The van der Waals surface area contributed by atoms with Gasteiger partial charge in [-0.1, -0.05) is 12.1 Å². The quantitative estimate of drug-likeness (QED) is 0.863. The molecule has 0 saturated carbocycles. The maximum absolute atomic E-state index is 9.94. The maximum atomic E-state index is 9.94. The van der Waals surface area contributed by atoms with Gasteiger partial charge in [-0.2, -0.15) is 0 Å². The maximum Gasteiger partial charge on any atom is 0.225 e. The van der Waals surface area contributed by atoms with Crippen LogP contribution < -0.4 is 4.90 Å². The number of rotatable bonds is 4. The highest BCUT2D eigenvalue weighted by Gasteiger charge is 2.24. The number of hydrogen-bond donors (Lipinski definition) is 1. The van der Waals surface area contributed by atoms with E-state index in [0.29, 0.717) is 11.7 Å². The highest BCUT2D eigenvalue weighted by Crippen LogP contribution is 2.30. The zero-order valence-corrected chi connectivity index (χ0v) is 17.2. The standard InChI is InChI=1S/C23H32N4O/c1-17-6-7-19(15-22(17)28)16-26-12-8-20(9-13-26)21-14-18(2)24-23(25-21)27-10-4-3-5-11-27/h6-7,14-15,20,28H,3-5,8-13,16H2,1-2H3. The molecule has 2 aliphatic rings. The lowest BCUT2D eigenvalue weighted by molar-refractivity contribution is 0.203. The summed E-state index contributed by atoms with van der Waals surface area (Å²) in [5, 5.41) is 9.94. The van der Waals surface area contributed by atoms with E-state index in [2.05, 4.69) is 28.9 Å². The largest absolute Gasteiger partial charge is 0.508 e. The van der Waals surface area contributed by atoms with Crippen LogP contribution >= 0.6 is 0 Å². The summed E-state index contributed by atoms with van der Waals surface area (Å²) >= 11 is 0. The van der Waals surface area contributed by atoms with Crippen LogP contribution in [-0.4, -0.2) is 46.2 Å². The first-order chi connectivity index (χ1) is 13.6. The van der Waals surface area contributed by atoms with Gasteiger partial charge >= 0.3 is 0 Å². The molecule has 2 saturated heterocycles. The molecule has 2 aromatic rings. The monoisotopic (exact) mass is 380 g/mol. The third kappa shape index (κ3) is 4.46. The minimum absolute atomic E-state index is 0.397. The van der Waals surface area contributed by atoms with Crippen LogP contribution in [0, 0.1) is 13.8 Å². The molecule has 28 heavy (non-hydrogen) atoms. The summed E-state index contributed by atoms with van der Waals surface area (Å²) in [4.78, 5) is 14.5. The Kier molecular flexibility index (Phi) is 5.81. The fourth-order valence-electron chi connectivity index (χ4n) is 4.42. The number of aryl methyl sites for hydroxylation is 2. The molecule has 5 heteroatoms. The lowest BCUT2D eigenvalue weighted by atomic mass is 9.92. The molecule has 0 radical (unpaired) electrons. The molecule has 5 nitrogen and oxygen atoms in total. The van der Waals surface area contributed by atoms with Crippen LogP contribution in [0.25, 0.3) is 0 Å². The van der Waals surface area contributed by atoms with Crippen molar-refractivity contribution in [3.05, 3.63) is 46.8 Å². The Morgan fingerprint density at radius 3 is 2.43 bits per heavy atom. The SMILES string of the molecule is Cc1cc(C2CCN(Cc3ccc(C)c(O)c3)CC2)nc(N2CCCCC2)n1. The number of phenols is 1. The van der Waals surface area contributed by atoms with E-state index in [1.807, 2.05) is 19.1 Å². The van der Waals surface area contributed by atoms with Gasteiger partial charge in [-0.3, -0.25) is 4.90 Å². The fraction of sp³-hybridized carbons (Fsp3) is 0.565. The molecular weight excluding hydrogens is 348 g/mol. The Balaban J connectivity index is 1.39. The smallest absolute Gasteiger partial charge is 0.225 e. The van der Waals surface area contributed by atoms with Crippen molar-refractivity contribution in [2.45, 2.75) is 58.4 Å². The van der Waals surface area contributed by atoms with Crippen LogP contribution in [0.15, 0.2) is 24.3 Å². The molecule has 4 rings (SSSR count). The zero-order valence-electron chi connectivity index (χ0n) is 17.2. The Morgan fingerprint density at radius 1 is 0.964 bits per heavy atom. The van der Waals surface area contributed by atoms with E-state index in [4.69, 9.17) is 9.97 Å². The van der Waals surface area contributed by atoms with Crippen molar-refractivity contribution in [3.63, 3.8) is 0 Å². The van der Waals surface area contributed by atoms with Crippen LogP contribution in [0.5, 0.6) is 5.75 Å². The molecule has 1 N–H and O–H groups in total. The third-order valence-corrected chi connectivity index (χ3v) is 6.19. The number of hydrogen-bond acceptors (Lipinski definition) is 5. The molecule has 0 aliphatic carbocycles. The summed E-state index contributed by atoms with van der Waals surface area (Å²) in [6, 6.07) is 8.22. The topological polar surface area (TPSA) is 52.5 Å². The van der Waals surface area contributed by atoms with Gasteiger partial charge in [0.2, 0.25) is 5.95 Å². The molecule has 0 spiro atoms. The van der Waals surface area contributed by atoms with Crippen molar-refractivity contribution in [1.82, 2.24) is 14.9 Å². The van der Waals surface area contributed by atoms with Crippen molar-refractivity contribution in [1.29, 1.82) is 0 Å². The van der Waals surface area contributed by atoms with E-state index in [-0.39, 0.29) is 0 Å². The minimum Gasteiger partial charge on any atom is -0.508 e. The number of anilines is 1. The molecule has 0 atom stereocenters. The predicted molar refractivity (Wildman–Crippen MR) is 113 cm³/mol. The van der Waals surface area contributed by atoms with Crippen molar-refractivity contribution < 1.29 is 5.11 Å².